The minimum Gasteiger partial charge on any atom is -0.306 e. The first-order valence-corrected chi connectivity index (χ1v) is 7.14. The largest absolute Gasteiger partial charge is 0.306 e. The molecule has 2 heteroatoms. The van der Waals surface area contributed by atoms with Crippen molar-refractivity contribution in [1.29, 1.82) is 0 Å². The fraction of sp³-hybridized carbons (Fsp3) is 0.294. The Bertz CT molecular complexity index is 522. The summed E-state index contributed by atoms with van der Waals surface area (Å²) in [5, 5.41) is 4.41. The zero-order chi connectivity index (χ0) is 13.7. The molecule has 100 valence electrons. The van der Waals surface area contributed by atoms with Gasteiger partial charge in [0.1, 0.15) is 0 Å². The smallest absolute Gasteiger partial charge is 0.0591 e. The monoisotopic (exact) mass is 273 g/mol. The molecule has 1 unspecified atom stereocenters. The predicted molar refractivity (Wildman–Crippen MR) is 82.8 cm³/mol. The summed E-state index contributed by atoms with van der Waals surface area (Å²) in [6, 6.07) is 16.9. The molecule has 0 bridgehead atoms. The van der Waals surface area contributed by atoms with E-state index in [9.17, 15) is 0 Å². The quantitative estimate of drug-likeness (QED) is 0.830. The average molecular weight is 274 g/mol. The van der Waals surface area contributed by atoms with E-state index in [0.717, 1.165) is 23.6 Å². The van der Waals surface area contributed by atoms with Crippen LogP contribution in [0, 0.1) is 6.92 Å². The maximum absolute atomic E-state index is 6.41. The fourth-order valence-corrected chi connectivity index (χ4v) is 2.55. The van der Waals surface area contributed by atoms with Gasteiger partial charge in [0, 0.05) is 5.02 Å². The molecule has 2 aromatic carbocycles. The first-order chi connectivity index (χ1) is 9.22. The van der Waals surface area contributed by atoms with E-state index in [4.69, 9.17) is 11.6 Å². The summed E-state index contributed by atoms with van der Waals surface area (Å²) >= 11 is 6.41. The molecule has 2 aromatic rings. The van der Waals surface area contributed by atoms with Gasteiger partial charge in [-0.1, -0.05) is 61.0 Å². The second-order valence-corrected chi connectivity index (χ2v) is 5.23. The van der Waals surface area contributed by atoms with E-state index in [-0.39, 0.29) is 6.04 Å². The van der Waals surface area contributed by atoms with Crippen molar-refractivity contribution in [3.63, 3.8) is 0 Å². The van der Waals surface area contributed by atoms with Crippen LogP contribution >= 0.6 is 11.6 Å². The second-order valence-electron chi connectivity index (χ2n) is 4.82. The van der Waals surface area contributed by atoms with Crippen LogP contribution < -0.4 is 5.32 Å². The highest BCUT2D eigenvalue weighted by atomic mass is 35.5. The maximum atomic E-state index is 6.41. The van der Waals surface area contributed by atoms with Crippen molar-refractivity contribution in [1.82, 2.24) is 5.32 Å². The van der Waals surface area contributed by atoms with Crippen LogP contribution in [0.2, 0.25) is 5.02 Å². The first kappa shape index (κ1) is 14.1. The lowest BCUT2D eigenvalue weighted by molar-refractivity contribution is 0.598. The SMILES string of the molecule is CCCNC(c1ccccc1)c1ccc(C)cc1Cl. The highest BCUT2D eigenvalue weighted by Gasteiger charge is 2.15. The van der Waals surface area contributed by atoms with Gasteiger partial charge in [-0.05, 0) is 42.6 Å². The molecule has 1 atom stereocenters. The third-order valence-corrected chi connectivity index (χ3v) is 3.53. The highest BCUT2D eigenvalue weighted by molar-refractivity contribution is 6.31. The van der Waals surface area contributed by atoms with Crippen molar-refractivity contribution in [3.8, 4) is 0 Å². The van der Waals surface area contributed by atoms with E-state index >= 15 is 0 Å². The van der Waals surface area contributed by atoms with E-state index in [2.05, 4.69) is 55.6 Å². The Kier molecular flexibility index (Phi) is 5.00. The molecule has 0 aliphatic rings. The Labute approximate surface area is 120 Å². The fourth-order valence-electron chi connectivity index (χ4n) is 2.21. The van der Waals surface area contributed by atoms with Gasteiger partial charge in [-0.25, -0.2) is 0 Å². The van der Waals surface area contributed by atoms with Crippen LogP contribution in [0.15, 0.2) is 48.5 Å². The number of halogens is 1. The summed E-state index contributed by atoms with van der Waals surface area (Å²) in [5.74, 6) is 0. The molecule has 0 saturated heterocycles. The molecular weight excluding hydrogens is 254 g/mol. The Balaban J connectivity index is 2.37. The Morgan fingerprint density at radius 1 is 1.11 bits per heavy atom. The van der Waals surface area contributed by atoms with E-state index in [1.165, 1.54) is 11.1 Å². The lowest BCUT2D eigenvalue weighted by Crippen LogP contribution is -2.23. The number of benzene rings is 2. The van der Waals surface area contributed by atoms with Crippen LogP contribution in [-0.4, -0.2) is 6.54 Å². The average Bonchev–Trinajstić information content (AvgIpc) is 2.42. The second kappa shape index (κ2) is 6.74. The highest BCUT2D eigenvalue weighted by Crippen LogP contribution is 2.29. The van der Waals surface area contributed by atoms with Gasteiger partial charge in [-0.2, -0.15) is 0 Å². The van der Waals surface area contributed by atoms with Crippen molar-refractivity contribution < 1.29 is 0 Å². The number of hydrogen-bond acceptors (Lipinski definition) is 1. The number of nitrogens with one attached hydrogen (secondary N) is 1. The van der Waals surface area contributed by atoms with Crippen LogP contribution in [0.4, 0.5) is 0 Å². The van der Waals surface area contributed by atoms with Crippen molar-refractivity contribution >= 4 is 11.6 Å². The third-order valence-electron chi connectivity index (χ3n) is 3.20. The number of hydrogen-bond donors (Lipinski definition) is 1. The standard InChI is InChI=1S/C17H20ClN/c1-3-11-19-17(14-7-5-4-6-8-14)15-10-9-13(2)12-16(15)18/h4-10,12,17,19H,3,11H2,1-2H3. The zero-order valence-corrected chi connectivity index (χ0v) is 12.2. The third kappa shape index (κ3) is 3.59. The van der Waals surface area contributed by atoms with Gasteiger partial charge in [0.05, 0.1) is 6.04 Å². The van der Waals surface area contributed by atoms with Gasteiger partial charge in [-0.15, -0.1) is 0 Å². The molecule has 19 heavy (non-hydrogen) atoms. The van der Waals surface area contributed by atoms with Crippen molar-refractivity contribution in [2.45, 2.75) is 26.3 Å². The molecule has 0 aliphatic carbocycles. The molecule has 0 amide bonds. The van der Waals surface area contributed by atoms with Crippen LogP contribution in [0.3, 0.4) is 0 Å². The minimum atomic E-state index is 0.161. The van der Waals surface area contributed by atoms with Gasteiger partial charge in [0.25, 0.3) is 0 Å². The molecule has 0 aliphatic heterocycles. The molecule has 2 rings (SSSR count). The summed E-state index contributed by atoms with van der Waals surface area (Å²) in [6.45, 7) is 5.21. The molecule has 1 N–H and O–H groups in total. The summed E-state index contributed by atoms with van der Waals surface area (Å²) in [4.78, 5) is 0. The summed E-state index contributed by atoms with van der Waals surface area (Å²) in [6.07, 6.45) is 1.10. The van der Waals surface area contributed by atoms with E-state index in [1.807, 2.05) is 12.1 Å². The molecule has 0 fully saturated rings. The van der Waals surface area contributed by atoms with Gasteiger partial charge in [-0.3, -0.25) is 0 Å². The lowest BCUT2D eigenvalue weighted by Gasteiger charge is -2.21. The molecule has 0 spiro atoms. The van der Waals surface area contributed by atoms with Crippen molar-refractivity contribution in [2.24, 2.45) is 0 Å². The summed E-state index contributed by atoms with van der Waals surface area (Å²) in [7, 11) is 0. The number of rotatable bonds is 5. The molecule has 0 aromatic heterocycles. The maximum Gasteiger partial charge on any atom is 0.0591 e. The van der Waals surface area contributed by atoms with Gasteiger partial charge >= 0.3 is 0 Å². The molecule has 0 saturated carbocycles. The number of aryl methyl sites for hydroxylation is 1. The summed E-state index contributed by atoms with van der Waals surface area (Å²) < 4.78 is 0. The van der Waals surface area contributed by atoms with Gasteiger partial charge in [0.2, 0.25) is 0 Å². The van der Waals surface area contributed by atoms with Gasteiger partial charge < -0.3 is 5.32 Å². The normalized spacial score (nSPS) is 12.4. The van der Waals surface area contributed by atoms with E-state index in [1.54, 1.807) is 0 Å². The Hall–Kier alpha value is -1.31. The molecular formula is C17H20ClN. The van der Waals surface area contributed by atoms with Gasteiger partial charge in [0.15, 0.2) is 0 Å². The van der Waals surface area contributed by atoms with Crippen molar-refractivity contribution in [3.05, 3.63) is 70.2 Å². The van der Waals surface area contributed by atoms with Crippen LogP contribution in [0.1, 0.15) is 36.1 Å². The summed E-state index contributed by atoms with van der Waals surface area (Å²) in [5.41, 5.74) is 3.59. The zero-order valence-electron chi connectivity index (χ0n) is 11.5. The molecule has 1 nitrogen and oxygen atoms in total. The minimum absolute atomic E-state index is 0.161. The van der Waals surface area contributed by atoms with Crippen LogP contribution in [0.5, 0.6) is 0 Å². The molecule has 0 radical (unpaired) electrons. The topological polar surface area (TPSA) is 12.0 Å². The Morgan fingerprint density at radius 3 is 2.47 bits per heavy atom. The molecule has 0 heterocycles. The predicted octanol–water partition coefficient (Wildman–Crippen LogP) is 4.74. The Morgan fingerprint density at radius 2 is 1.84 bits per heavy atom. The lowest BCUT2D eigenvalue weighted by atomic mass is 9.97. The first-order valence-electron chi connectivity index (χ1n) is 6.76. The van der Waals surface area contributed by atoms with Crippen LogP contribution in [-0.2, 0) is 0 Å². The van der Waals surface area contributed by atoms with Crippen LogP contribution in [0.25, 0.3) is 0 Å². The van der Waals surface area contributed by atoms with E-state index in [0.29, 0.717) is 0 Å². The van der Waals surface area contributed by atoms with Crippen molar-refractivity contribution in [2.75, 3.05) is 6.54 Å². The van der Waals surface area contributed by atoms with E-state index < -0.39 is 0 Å².